The highest BCUT2D eigenvalue weighted by Crippen LogP contribution is 2.28. The van der Waals surface area contributed by atoms with Gasteiger partial charge in [-0.2, -0.15) is 0 Å². The molecule has 2 amide bonds. The van der Waals surface area contributed by atoms with Gasteiger partial charge >= 0.3 is 0 Å². The summed E-state index contributed by atoms with van der Waals surface area (Å²) in [5.41, 5.74) is 0. The van der Waals surface area contributed by atoms with Gasteiger partial charge in [0.25, 0.3) is 0 Å². The molecule has 1 heterocycles. The number of nitrogens with zero attached hydrogens (tertiary/aromatic N) is 1. The van der Waals surface area contributed by atoms with E-state index in [1.807, 2.05) is 4.90 Å². The standard InChI is InChI=1S/C13H23N3O2.ClH/c1-10-9-14-7-8-16(10)12(17)3-2-6-15-13(18)11-4-5-11;/h10-11,14H,2-9H2,1H3,(H,15,18);1H. The fourth-order valence-electron chi connectivity index (χ4n) is 2.30. The predicted octanol–water partition coefficient (Wildman–Crippen LogP) is 0.535. The summed E-state index contributed by atoms with van der Waals surface area (Å²) in [5.74, 6) is 0.636. The van der Waals surface area contributed by atoms with Crippen molar-refractivity contribution in [1.29, 1.82) is 0 Å². The molecule has 2 aliphatic rings. The SMILES string of the molecule is CC1CNCCN1C(=O)CCCNC(=O)C1CC1.Cl. The minimum Gasteiger partial charge on any atom is -0.356 e. The minimum absolute atomic E-state index is 0. The molecule has 1 atom stereocenters. The average Bonchev–Trinajstić information content (AvgIpc) is 3.19. The Kier molecular flexibility index (Phi) is 6.58. The van der Waals surface area contributed by atoms with Crippen molar-refractivity contribution < 1.29 is 9.59 Å². The highest BCUT2D eigenvalue weighted by atomic mass is 35.5. The maximum Gasteiger partial charge on any atom is 0.223 e. The fraction of sp³-hybridized carbons (Fsp3) is 0.846. The van der Waals surface area contributed by atoms with Crippen LogP contribution in [0.5, 0.6) is 0 Å². The molecule has 1 aliphatic carbocycles. The Morgan fingerprint density at radius 3 is 2.74 bits per heavy atom. The van der Waals surface area contributed by atoms with E-state index in [0.29, 0.717) is 13.0 Å². The second-order valence-electron chi connectivity index (χ2n) is 5.31. The van der Waals surface area contributed by atoms with Gasteiger partial charge < -0.3 is 15.5 Å². The molecule has 1 aliphatic heterocycles. The molecule has 110 valence electrons. The van der Waals surface area contributed by atoms with Crippen molar-refractivity contribution in [2.45, 2.75) is 38.6 Å². The van der Waals surface area contributed by atoms with E-state index in [9.17, 15) is 9.59 Å². The van der Waals surface area contributed by atoms with Crippen LogP contribution in [0, 0.1) is 5.92 Å². The molecule has 0 aromatic rings. The Hall–Kier alpha value is -0.810. The number of amides is 2. The van der Waals surface area contributed by atoms with E-state index >= 15 is 0 Å². The first kappa shape index (κ1) is 16.2. The third kappa shape index (κ3) is 4.99. The molecular weight excluding hydrogens is 266 g/mol. The number of hydrogen-bond donors (Lipinski definition) is 2. The summed E-state index contributed by atoms with van der Waals surface area (Å²) in [5, 5.41) is 6.16. The Labute approximate surface area is 120 Å². The maximum atomic E-state index is 12.0. The zero-order valence-electron chi connectivity index (χ0n) is 11.5. The summed E-state index contributed by atoms with van der Waals surface area (Å²) in [6, 6.07) is 0.285. The van der Waals surface area contributed by atoms with E-state index in [1.165, 1.54) is 0 Å². The number of carbonyl (C=O) groups excluding carboxylic acids is 2. The number of nitrogens with one attached hydrogen (secondary N) is 2. The Bertz CT molecular complexity index is 321. The molecule has 0 aromatic heterocycles. The van der Waals surface area contributed by atoms with E-state index in [0.717, 1.165) is 38.9 Å². The van der Waals surface area contributed by atoms with Gasteiger partial charge in [-0.05, 0) is 26.2 Å². The van der Waals surface area contributed by atoms with Crippen LogP contribution >= 0.6 is 12.4 Å². The van der Waals surface area contributed by atoms with Gasteiger partial charge in [0.1, 0.15) is 0 Å². The van der Waals surface area contributed by atoms with E-state index in [2.05, 4.69) is 17.6 Å². The van der Waals surface area contributed by atoms with E-state index < -0.39 is 0 Å². The monoisotopic (exact) mass is 289 g/mol. The third-order valence-electron chi connectivity index (χ3n) is 3.64. The van der Waals surface area contributed by atoms with Crippen molar-refractivity contribution in [1.82, 2.24) is 15.5 Å². The van der Waals surface area contributed by atoms with Crippen LogP contribution in [0.25, 0.3) is 0 Å². The van der Waals surface area contributed by atoms with Gasteiger partial charge in [0.15, 0.2) is 0 Å². The lowest BCUT2D eigenvalue weighted by atomic mass is 10.2. The molecule has 0 radical (unpaired) electrons. The van der Waals surface area contributed by atoms with Gasteiger partial charge in [-0.15, -0.1) is 12.4 Å². The molecule has 0 aromatic carbocycles. The maximum absolute atomic E-state index is 12.0. The Balaban J connectivity index is 0.00000180. The zero-order valence-corrected chi connectivity index (χ0v) is 12.3. The van der Waals surface area contributed by atoms with E-state index in [1.54, 1.807) is 0 Å². The lowest BCUT2D eigenvalue weighted by molar-refractivity contribution is -0.134. The highest BCUT2D eigenvalue weighted by molar-refractivity contribution is 5.85. The molecule has 2 fully saturated rings. The normalized spacial score (nSPS) is 22.6. The first-order valence-electron chi connectivity index (χ1n) is 6.96. The van der Waals surface area contributed by atoms with Crippen molar-refractivity contribution in [2.24, 2.45) is 5.92 Å². The molecular formula is C13H24ClN3O2. The van der Waals surface area contributed by atoms with Crippen molar-refractivity contribution in [3.8, 4) is 0 Å². The zero-order chi connectivity index (χ0) is 13.0. The molecule has 6 heteroatoms. The van der Waals surface area contributed by atoms with Crippen molar-refractivity contribution in [3.63, 3.8) is 0 Å². The summed E-state index contributed by atoms with van der Waals surface area (Å²) in [4.78, 5) is 25.3. The molecule has 2 rings (SSSR count). The Morgan fingerprint density at radius 2 is 2.11 bits per heavy atom. The highest BCUT2D eigenvalue weighted by Gasteiger charge is 2.29. The quantitative estimate of drug-likeness (QED) is 0.726. The number of halogens is 1. The molecule has 0 bridgehead atoms. The van der Waals surface area contributed by atoms with Gasteiger partial charge in [-0.1, -0.05) is 0 Å². The van der Waals surface area contributed by atoms with E-state index in [-0.39, 0.29) is 36.2 Å². The van der Waals surface area contributed by atoms with Gasteiger partial charge in [-0.25, -0.2) is 0 Å². The van der Waals surface area contributed by atoms with E-state index in [4.69, 9.17) is 0 Å². The number of rotatable bonds is 5. The molecule has 1 saturated heterocycles. The molecule has 2 N–H and O–H groups in total. The molecule has 1 saturated carbocycles. The summed E-state index contributed by atoms with van der Waals surface area (Å²) < 4.78 is 0. The van der Waals surface area contributed by atoms with Crippen LogP contribution < -0.4 is 10.6 Å². The largest absolute Gasteiger partial charge is 0.356 e. The summed E-state index contributed by atoms with van der Waals surface area (Å²) in [7, 11) is 0. The minimum atomic E-state index is 0. The van der Waals surface area contributed by atoms with Crippen LogP contribution in [0.3, 0.4) is 0 Å². The third-order valence-corrected chi connectivity index (χ3v) is 3.64. The van der Waals surface area contributed by atoms with Crippen LogP contribution in [0.4, 0.5) is 0 Å². The number of piperazine rings is 1. The van der Waals surface area contributed by atoms with Gasteiger partial charge in [0.05, 0.1) is 0 Å². The summed E-state index contributed by atoms with van der Waals surface area (Å²) in [6.45, 7) is 5.26. The van der Waals surface area contributed by atoms with Crippen LogP contribution in [0.15, 0.2) is 0 Å². The van der Waals surface area contributed by atoms with Crippen LogP contribution in [-0.4, -0.2) is 48.9 Å². The molecule has 19 heavy (non-hydrogen) atoms. The van der Waals surface area contributed by atoms with Gasteiger partial charge in [0, 0.05) is 44.6 Å². The fourth-order valence-corrected chi connectivity index (χ4v) is 2.30. The Morgan fingerprint density at radius 1 is 1.37 bits per heavy atom. The molecule has 5 nitrogen and oxygen atoms in total. The lowest BCUT2D eigenvalue weighted by Crippen LogP contribution is -2.52. The van der Waals surface area contributed by atoms with Crippen LogP contribution in [-0.2, 0) is 9.59 Å². The van der Waals surface area contributed by atoms with Crippen molar-refractivity contribution in [3.05, 3.63) is 0 Å². The summed E-state index contributed by atoms with van der Waals surface area (Å²) >= 11 is 0. The topological polar surface area (TPSA) is 61.4 Å². The lowest BCUT2D eigenvalue weighted by Gasteiger charge is -2.34. The summed E-state index contributed by atoms with van der Waals surface area (Å²) in [6.07, 6.45) is 3.34. The van der Waals surface area contributed by atoms with Gasteiger partial charge in [0.2, 0.25) is 11.8 Å². The van der Waals surface area contributed by atoms with Crippen LogP contribution in [0.2, 0.25) is 0 Å². The second-order valence-corrected chi connectivity index (χ2v) is 5.31. The number of hydrogen-bond acceptors (Lipinski definition) is 3. The first-order chi connectivity index (χ1) is 8.68. The number of carbonyl (C=O) groups is 2. The second kappa shape index (κ2) is 7.70. The predicted molar refractivity (Wildman–Crippen MR) is 76.3 cm³/mol. The molecule has 1 unspecified atom stereocenters. The first-order valence-corrected chi connectivity index (χ1v) is 6.96. The molecule has 0 spiro atoms. The average molecular weight is 290 g/mol. The van der Waals surface area contributed by atoms with Gasteiger partial charge in [-0.3, -0.25) is 9.59 Å². The van der Waals surface area contributed by atoms with Crippen LogP contribution in [0.1, 0.15) is 32.6 Å². The van der Waals surface area contributed by atoms with Crippen molar-refractivity contribution in [2.75, 3.05) is 26.2 Å². The van der Waals surface area contributed by atoms with Crippen molar-refractivity contribution >= 4 is 24.2 Å². The smallest absolute Gasteiger partial charge is 0.223 e.